The average Bonchev–Trinajstić information content (AvgIpc) is 2.27. The van der Waals surface area contributed by atoms with Crippen LogP contribution in [0.4, 0.5) is 17.5 Å². The van der Waals surface area contributed by atoms with E-state index in [0.29, 0.717) is 24.7 Å². The lowest BCUT2D eigenvalue weighted by Gasteiger charge is -2.12. The Labute approximate surface area is 112 Å². The van der Waals surface area contributed by atoms with Gasteiger partial charge in [-0.15, -0.1) is 0 Å². The van der Waals surface area contributed by atoms with E-state index in [1.807, 2.05) is 25.9 Å². The van der Waals surface area contributed by atoms with E-state index >= 15 is 0 Å². The maximum absolute atomic E-state index is 11.1. The van der Waals surface area contributed by atoms with E-state index in [4.69, 9.17) is 0 Å². The van der Waals surface area contributed by atoms with Gasteiger partial charge in [-0.05, 0) is 27.9 Å². The summed E-state index contributed by atoms with van der Waals surface area (Å²) in [6, 6.07) is 0. The van der Waals surface area contributed by atoms with Crippen molar-refractivity contribution in [3.8, 4) is 0 Å². The van der Waals surface area contributed by atoms with Gasteiger partial charge in [0, 0.05) is 19.6 Å². The molecule has 0 bridgehead atoms. The van der Waals surface area contributed by atoms with Gasteiger partial charge in [0.1, 0.15) is 5.69 Å². The molecule has 0 radical (unpaired) electrons. The molecule has 0 atom stereocenters. The number of anilines is 2. The number of aryl methyl sites for hydroxylation is 1. The third-order valence-electron chi connectivity index (χ3n) is 2.43. The highest BCUT2D eigenvalue weighted by Gasteiger charge is 2.21. The van der Waals surface area contributed by atoms with Crippen molar-refractivity contribution in [3.05, 3.63) is 15.8 Å². The number of hydrogen-bond acceptors (Lipinski definition) is 7. The van der Waals surface area contributed by atoms with E-state index in [9.17, 15) is 10.1 Å². The van der Waals surface area contributed by atoms with Crippen LogP contribution in [0.1, 0.15) is 12.6 Å². The average molecular weight is 268 g/mol. The first-order chi connectivity index (χ1) is 8.95. The molecule has 1 rings (SSSR count). The molecule has 0 saturated carbocycles. The van der Waals surface area contributed by atoms with Crippen molar-refractivity contribution in [3.63, 3.8) is 0 Å². The Bertz CT molecular complexity index is 449. The molecule has 0 saturated heterocycles. The van der Waals surface area contributed by atoms with Crippen molar-refractivity contribution in [2.75, 3.05) is 44.4 Å². The minimum atomic E-state index is -0.455. The molecule has 8 heteroatoms. The van der Waals surface area contributed by atoms with E-state index in [0.717, 1.165) is 6.54 Å². The standard InChI is InChI=1S/C11H20N6O2/c1-5-12-11-14-8(2)9(17(18)19)10(15-11)13-6-7-16(3)4/h5-7H2,1-4H3,(H2,12,13,14,15). The van der Waals surface area contributed by atoms with Crippen molar-refractivity contribution in [2.45, 2.75) is 13.8 Å². The predicted molar refractivity (Wildman–Crippen MR) is 74.6 cm³/mol. The van der Waals surface area contributed by atoms with Crippen LogP contribution in [0, 0.1) is 17.0 Å². The number of likely N-dealkylation sites (N-methyl/N-ethyl adjacent to an activating group) is 1. The minimum absolute atomic E-state index is 0.0691. The normalized spacial score (nSPS) is 10.6. The van der Waals surface area contributed by atoms with Gasteiger partial charge in [0.15, 0.2) is 0 Å². The third-order valence-corrected chi connectivity index (χ3v) is 2.43. The largest absolute Gasteiger partial charge is 0.363 e. The fourth-order valence-corrected chi connectivity index (χ4v) is 1.54. The highest BCUT2D eigenvalue weighted by molar-refractivity contribution is 5.60. The van der Waals surface area contributed by atoms with Crippen LogP contribution < -0.4 is 10.6 Å². The summed E-state index contributed by atoms with van der Waals surface area (Å²) in [5.74, 6) is 0.660. The lowest BCUT2D eigenvalue weighted by atomic mass is 10.3. The molecule has 0 aliphatic carbocycles. The van der Waals surface area contributed by atoms with Gasteiger partial charge in [-0.3, -0.25) is 10.1 Å². The molecule has 1 heterocycles. The molecule has 8 nitrogen and oxygen atoms in total. The summed E-state index contributed by atoms with van der Waals surface area (Å²) in [4.78, 5) is 20.8. The van der Waals surface area contributed by atoms with Crippen molar-refractivity contribution in [1.82, 2.24) is 14.9 Å². The number of nitro groups is 1. The molecule has 19 heavy (non-hydrogen) atoms. The van der Waals surface area contributed by atoms with Gasteiger partial charge in [-0.25, -0.2) is 4.98 Å². The molecule has 0 aliphatic heterocycles. The molecule has 106 valence electrons. The number of nitrogens with zero attached hydrogens (tertiary/aromatic N) is 4. The van der Waals surface area contributed by atoms with Crippen molar-refractivity contribution < 1.29 is 4.92 Å². The van der Waals surface area contributed by atoms with Crippen LogP contribution in [-0.2, 0) is 0 Å². The second-order valence-corrected chi connectivity index (χ2v) is 4.35. The highest BCUT2D eigenvalue weighted by Crippen LogP contribution is 2.26. The fraction of sp³-hybridized carbons (Fsp3) is 0.636. The van der Waals surface area contributed by atoms with E-state index < -0.39 is 4.92 Å². The van der Waals surface area contributed by atoms with Crippen molar-refractivity contribution >= 4 is 17.5 Å². The second-order valence-electron chi connectivity index (χ2n) is 4.35. The third kappa shape index (κ3) is 4.32. The van der Waals surface area contributed by atoms with Gasteiger partial charge in [-0.1, -0.05) is 0 Å². The van der Waals surface area contributed by atoms with Crippen LogP contribution in [0.2, 0.25) is 0 Å². The van der Waals surface area contributed by atoms with Gasteiger partial charge >= 0.3 is 5.69 Å². The molecule has 0 unspecified atom stereocenters. The van der Waals surface area contributed by atoms with Crippen LogP contribution in [0.5, 0.6) is 0 Å². The maximum atomic E-state index is 11.1. The molecular weight excluding hydrogens is 248 g/mol. The summed E-state index contributed by atoms with van der Waals surface area (Å²) in [5.41, 5.74) is 0.281. The minimum Gasteiger partial charge on any atom is -0.363 e. The zero-order valence-electron chi connectivity index (χ0n) is 11.7. The van der Waals surface area contributed by atoms with Crippen LogP contribution in [0.25, 0.3) is 0 Å². The van der Waals surface area contributed by atoms with Gasteiger partial charge < -0.3 is 15.5 Å². The maximum Gasteiger partial charge on any atom is 0.332 e. The number of hydrogen-bond donors (Lipinski definition) is 2. The molecule has 0 fully saturated rings. The zero-order chi connectivity index (χ0) is 14.4. The summed E-state index contributed by atoms with van der Waals surface area (Å²) in [5, 5.41) is 17.0. The number of nitrogens with one attached hydrogen (secondary N) is 2. The van der Waals surface area contributed by atoms with Gasteiger partial charge in [-0.2, -0.15) is 4.98 Å². The van der Waals surface area contributed by atoms with E-state index in [1.165, 1.54) is 0 Å². The van der Waals surface area contributed by atoms with Crippen LogP contribution in [0.15, 0.2) is 0 Å². The first-order valence-electron chi connectivity index (χ1n) is 6.11. The van der Waals surface area contributed by atoms with Crippen LogP contribution in [0.3, 0.4) is 0 Å². The summed E-state index contributed by atoms with van der Waals surface area (Å²) in [6.07, 6.45) is 0. The summed E-state index contributed by atoms with van der Waals surface area (Å²) >= 11 is 0. The highest BCUT2D eigenvalue weighted by atomic mass is 16.6. The van der Waals surface area contributed by atoms with Crippen molar-refractivity contribution in [1.29, 1.82) is 0 Å². The Morgan fingerprint density at radius 3 is 2.53 bits per heavy atom. The Hall–Kier alpha value is -1.96. The van der Waals surface area contributed by atoms with Gasteiger partial charge in [0.05, 0.1) is 4.92 Å². The molecule has 0 amide bonds. The van der Waals surface area contributed by atoms with Crippen LogP contribution >= 0.6 is 0 Å². The predicted octanol–water partition coefficient (Wildman–Crippen LogP) is 1.10. The van der Waals surface area contributed by atoms with Gasteiger partial charge in [0.25, 0.3) is 0 Å². The molecule has 0 aliphatic rings. The Morgan fingerprint density at radius 2 is 2.00 bits per heavy atom. The summed E-state index contributed by atoms with van der Waals surface area (Å²) < 4.78 is 0. The molecule has 0 aromatic carbocycles. The first kappa shape index (κ1) is 15.1. The smallest absolute Gasteiger partial charge is 0.332 e. The monoisotopic (exact) mass is 268 g/mol. The van der Waals surface area contributed by atoms with Crippen molar-refractivity contribution in [2.24, 2.45) is 0 Å². The Morgan fingerprint density at radius 1 is 1.32 bits per heavy atom. The lowest BCUT2D eigenvalue weighted by Crippen LogP contribution is -2.22. The summed E-state index contributed by atoms with van der Waals surface area (Å²) in [7, 11) is 3.87. The fourth-order valence-electron chi connectivity index (χ4n) is 1.54. The number of rotatable bonds is 7. The van der Waals surface area contributed by atoms with Gasteiger partial charge in [0.2, 0.25) is 11.8 Å². The van der Waals surface area contributed by atoms with E-state index in [2.05, 4.69) is 20.6 Å². The molecular formula is C11H20N6O2. The Balaban J connectivity index is 2.99. The number of aromatic nitrogens is 2. The topological polar surface area (TPSA) is 96.2 Å². The molecule has 2 N–H and O–H groups in total. The van der Waals surface area contributed by atoms with Crippen LogP contribution in [-0.4, -0.2) is 53.5 Å². The SMILES string of the molecule is CCNc1nc(C)c([N+](=O)[O-])c(NCCN(C)C)n1. The molecule has 1 aromatic heterocycles. The zero-order valence-corrected chi connectivity index (χ0v) is 11.7. The first-order valence-corrected chi connectivity index (χ1v) is 6.11. The molecule has 1 aromatic rings. The lowest BCUT2D eigenvalue weighted by molar-refractivity contribution is -0.385. The second kappa shape index (κ2) is 6.83. The summed E-state index contributed by atoms with van der Waals surface area (Å²) in [6.45, 7) is 5.53. The van der Waals surface area contributed by atoms with E-state index in [-0.39, 0.29) is 11.5 Å². The Kier molecular flexibility index (Phi) is 5.43. The quantitative estimate of drug-likeness (QED) is 0.564. The molecule has 0 spiro atoms. The van der Waals surface area contributed by atoms with E-state index in [1.54, 1.807) is 6.92 Å².